The van der Waals surface area contributed by atoms with Gasteiger partial charge < -0.3 is 10.2 Å². The Hall–Kier alpha value is -3.21. The molecule has 28 heavy (non-hydrogen) atoms. The van der Waals surface area contributed by atoms with E-state index in [1.165, 1.54) is 11.1 Å². The second kappa shape index (κ2) is 6.44. The first-order valence-corrected chi connectivity index (χ1v) is 9.62. The van der Waals surface area contributed by atoms with Crippen molar-refractivity contribution in [3.8, 4) is 0 Å². The lowest BCUT2D eigenvalue weighted by atomic mass is 9.94. The fourth-order valence-electron chi connectivity index (χ4n) is 4.74. The third kappa shape index (κ3) is 2.66. The Labute approximate surface area is 163 Å². The van der Waals surface area contributed by atoms with Crippen molar-refractivity contribution in [2.45, 2.75) is 18.9 Å². The van der Waals surface area contributed by atoms with E-state index in [2.05, 4.69) is 22.4 Å². The van der Waals surface area contributed by atoms with Gasteiger partial charge in [-0.1, -0.05) is 30.3 Å². The first-order chi connectivity index (χ1) is 13.6. The minimum Gasteiger partial charge on any atom is -0.345 e. The predicted molar refractivity (Wildman–Crippen MR) is 107 cm³/mol. The molecule has 1 fully saturated rings. The quantitative estimate of drug-likeness (QED) is 0.752. The number of hydrogen-bond donors (Lipinski definition) is 1. The van der Waals surface area contributed by atoms with E-state index >= 15 is 0 Å². The van der Waals surface area contributed by atoms with E-state index in [0.717, 1.165) is 17.4 Å². The average molecular weight is 371 g/mol. The summed E-state index contributed by atoms with van der Waals surface area (Å²) in [6, 6.07) is 17.6. The van der Waals surface area contributed by atoms with E-state index < -0.39 is 0 Å². The van der Waals surface area contributed by atoms with Gasteiger partial charge >= 0.3 is 0 Å². The Morgan fingerprint density at radius 2 is 1.86 bits per heavy atom. The van der Waals surface area contributed by atoms with Crippen molar-refractivity contribution in [3.63, 3.8) is 0 Å². The molecule has 1 aliphatic heterocycles. The number of hydrogen-bond acceptors (Lipinski definition) is 3. The number of nitrogens with zero attached hydrogens (tertiary/aromatic N) is 2. The van der Waals surface area contributed by atoms with Crippen LogP contribution in [0.2, 0.25) is 0 Å². The lowest BCUT2D eigenvalue weighted by molar-refractivity contribution is -0.128. The number of aromatic nitrogens is 1. The van der Waals surface area contributed by atoms with Crippen LogP contribution < -0.4 is 5.32 Å². The summed E-state index contributed by atoms with van der Waals surface area (Å²) in [5.74, 6) is 0.505. The van der Waals surface area contributed by atoms with Gasteiger partial charge in [-0.25, -0.2) is 0 Å². The molecule has 1 aromatic heterocycles. The van der Waals surface area contributed by atoms with Crippen LogP contribution in [0.25, 0.3) is 10.9 Å². The molecule has 5 rings (SSSR count). The fourth-order valence-corrected chi connectivity index (χ4v) is 4.74. The Kier molecular flexibility index (Phi) is 3.90. The lowest BCUT2D eigenvalue weighted by Crippen LogP contribution is -2.34. The Morgan fingerprint density at radius 3 is 2.68 bits per heavy atom. The summed E-state index contributed by atoms with van der Waals surface area (Å²) in [7, 11) is 0. The lowest BCUT2D eigenvalue weighted by Gasteiger charge is -2.22. The molecule has 3 aromatic rings. The second-order valence-corrected chi connectivity index (χ2v) is 7.69. The van der Waals surface area contributed by atoms with E-state index in [-0.39, 0.29) is 29.7 Å². The maximum atomic E-state index is 13.0. The number of amides is 2. The summed E-state index contributed by atoms with van der Waals surface area (Å²) in [5, 5.41) is 4.20. The van der Waals surface area contributed by atoms with Gasteiger partial charge in [0.05, 0.1) is 11.6 Å². The molecule has 2 amide bonds. The van der Waals surface area contributed by atoms with Gasteiger partial charge in [0, 0.05) is 49.0 Å². The highest BCUT2D eigenvalue weighted by Gasteiger charge is 2.47. The van der Waals surface area contributed by atoms with Crippen molar-refractivity contribution < 1.29 is 9.59 Å². The van der Waals surface area contributed by atoms with E-state index in [4.69, 9.17) is 0 Å². The van der Waals surface area contributed by atoms with Crippen LogP contribution in [0.1, 0.15) is 40.4 Å². The van der Waals surface area contributed by atoms with Crippen molar-refractivity contribution in [3.05, 3.63) is 77.5 Å². The molecule has 140 valence electrons. The zero-order valence-electron chi connectivity index (χ0n) is 15.6. The summed E-state index contributed by atoms with van der Waals surface area (Å²) in [6.45, 7) is 3.02. The molecule has 0 bridgehead atoms. The molecule has 2 heterocycles. The molecule has 1 N–H and O–H groups in total. The number of carbonyl (C=O) groups excluding carboxylic acids is 2. The van der Waals surface area contributed by atoms with Crippen LogP contribution in [0.4, 0.5) is 0 Å². The SMILES string of the molecule is CC(=O)N1C[C@H]2[C@@H](C1)c1ccccc1[C@@H]2NC(=O)c1ccc2ncccc2c1. The minimum absolute atomic E-state index is 0.0809. The summed E-state index contributed by atoms with van der Waals surface area (Å²) in [5.41, 5.74) is 3.93. The van der Waals surface area contributed by atoms with Crippen molar-refractivity contribution in [2.75, 3.05) is 13.1 Å². The van der Waals surface area contributed by atoms with Crippen LogP contribution in [0.5, 0.6) is 0 Å². The molecule has 0 saturated carbocycles. The number of likely N-dealkylation sites (tertiary alicyclic amines) is 1. The molecular formula is C23H21N3O2. The molecular weight excluding hydrogens is 350 g/mol. The number of rotatable bonds is 2. The molecule has 2 aromatic carbocycles. The summed E-state index contributed by atoms with van der Waals surface area (Å²) in [4.78, 5) is 31.2. The Morgan fingerprint density at radius 1 is 1.04 bits per heavy atom. The van der Waals surface area contributed by atoms with E-state index in [0.29, 0.717) is 12.1 Å². The van der Waals surface area contributed by atoms with Gasteiger partial charge in [-0.05, 0) is 35.4 Å². The summed E-state index contributed by atoms with van der Waals surface area (Å²) < 4.78 is 0. The van der Waals surface area contributed by atoms with Gasteiger partial charge in [0.15, 0.2) is 0 Å². The molecule has 1 aliphatic carbocycles. The zero-order valence-corrected chi connectivity index (χ0v) is 15.6. The highest BCUT2D eigenvalue weighted by Crippen LogP contribution is 2.49. The van der Waals surface area contributed by atoms with Gasteiger partial charge in [-0.15, -0.1) is 0 Å². The van der Waals surface area contributed by atoms with E-state index in [9.17, 15) is 9.59 Å². The van der Waals surface area contributed by atoms with Crippen LogP contribution >= 0.6 is 0 Å². The average Bonchev–Trinajstić information content (AvgIpc) is 3.27. The first kappa shape index (κ1) is 16.9. The summed E-state index contributed by atoms with van der Waals surface area (Å²) in [6.07, 6.45) is 1.75. The van der Waals surface area contributed by atoms with E-state index in [1.54, 1.807) is 13.1 Å². The molecule has 0 unspecified atom stereocenters. The van der Waals surface area contributed by atoms with Crippen LogP contribution in [-0.2, 0) is 4.79 Å². The van der Waals surface area contributed by atoms with Crippen LogP contribution in [0.3, 0.4) is 0 Å². The number of nitrogens with one attached hydrogen (secondary N) is 1. The smallest absolute Gasteiger partial charge is 0.251 e. The standard InChI is InChI=1S/C23H21N3O2/c1-14(27)26-12-19-17-6-2-3-7-18(17)22(20(19)13-26)25-23(28)16-8-9-21-15(11-16)5-4-10-24-21/h2-11,19-20,22H,12-13H2,1H3,(H,25,28)/t19-,20-,22-/m0/s1. The number of benzene rings is 2. The van der Waals surface area contributed by atoms with Gasteiger partial charge in [-0.3, -0.25) is 14.6 Å². The van der Waals surface area contributed by atoms with Crippen molar-refractivity contribution in [1.29, 1.82) is 0 Å². The monoisotopic (exact) mass is 371 g/mol. The van der Waals surface area contributed by atoms with Gasteiger partial charge in [-0.2, -0.15) is 0 Å². The minimum atomic E-state index is -0.0903. The van der Waals surface area contributed by atoms with Crippen LogP contribution in [-0.4, -0.2) is 34.8 Å². The normalized spacial score (nSPS) is 22.8. The highest BCUT2D eigenvalue weighted by molar-refractivity contribution is 5.98. The molecule has 2 aliphatic rings. The molecule has 5 heteroatoms. The third-order valence-corrected chi connectivity index (χ3v) is 6.12. The number of fused-ring (bicyclic) bond motifs is 4. The molecule has 0 radical (unpaired) electrons. The van der Waals surface area contributed by atoms with Crippen LogP contribution in [0, 0.1) is 5.92 Å². The van der Waals surface area contributed by atoms with Gasteiger partial charge in [0.25, 0.3) is 5.91 Å². The summed E-state index contributed by atoms with van der Waals surface area (Å²) >= 11 is 0. The fraction of sp³-hybridized carbons (Fsp3) is 0.261. The van der Waals surface area contributed by atoms with Crippen LogP contribution in [0.15, 0.2) is 60.8 Å². The van der Waals surface area contributed by atoms with E-state index in [1.807, 2.05) is 47.4 Å². The third-order valence-electron chi connectivity index (χ3n) is 6.12. The molecule has 5 nitrogen and oxygen atoms in total. The maximum Gasteiger partial charge on any atom is 0.251 e. The van der Waals surface area contributed by atoms with Crippen molar-refractivity contribution in [1.82, 2.24) is 15.2 Å². The molecule has 0 spiro atoms. The molecule has 3 atom stereocenters. The Balaban J connectivity index is 1.46. The van der Waals surface area contributed by atoms with Gasteiger partial charge in [0.1, 0.15) is 0 Å². The predicted octanol–water partition coefficient (Wildman–Crippen LogP) is 3.28. The Bertz CT molecular complexity index is 1090. The largest absolute Gasteiger partial charge is 0.345 e. The van der Waals surface area contributed by atoms with Gasteiger partial charge in [0.2, 0.25) is 5.91 Å². The highest BCUT2D eigenvalue weighted by atomic mass is 16.2. The molecule has 1 saturated heterocycles. The topological polar surface area (TPSA) is 62.3 Å². The number of carbonyl (C=O) groups is 2. The maximum absolute atomic E-state index is 13.0. The zero-order chi connectivity index (χ0) is 19.3. The first-order valence-electron chi connectivity index (χ1n) is 9.62. The van der Waals surface area contributed by atoms with Crippen molar-refractivity contribution in [2.24, 2.45) is 5.92 Å². The van der Waals surface area contributed by atoms with Crippen molar-refractivity contribution >= 4 is 22.7 Å². The number of pyridine rings is 1. The second-order valence-electron chi connectivity index (χ2n) is 7.69.